The van der Waals surface area contributed by atoms with E-state index >= 15 is 0 Å². The summed E-state index contributed by atoms with van der Waals surface area (Å²) < 4.78 is 37.7. The Kier molecular flexibility index (Phi) is 82.0. The van der Waals surface area contributed by atoms with E-state index in [1.165, 1.54) is 22.3 Å². The standard InChI is InChI=1S/C36H40O5.C23H21NO.C14H13N.C9H9ClO.C7H14O5.10C2H6.CH3.Pd/c1-2-32-34(38-24-29-17-9-4-10-18-29)36(40-26-31-21-13-6-14-22-31)35(39-25-30-19-11-5-12-20-30)33(41-32)27-37-23-28-15-7-3-8-16-28;25-23-21(16-18-10-4-1-5-11-18)22(20-14-8-3-9-15-20)24(23)17-19-12-6-2-7-13-19;1-3-7-13(8-4-1)11-15-12-14-9-5-2-6-10-14;10-9(11)7-6-8-4-2-1-3-5-8;1-2-3-4(8)5(9)6(10)7(11)12-3;10*1-2;;/h3-22,32-36H,2,23-27H2,1H3;1-15,21-22H,16-17H2;1-11H,12H2;1-5H,6-7H2;3-11H,2H2,1H3;10*1-2H3;1H3;/q;;;;;;;;;;;;;;;-1;/t32?,33-,34+,35-,36-;;;;3-,4-,5+,6-,7-;;;;;;;;;;;;/m1...0............/s1. The fourth-order valence-electron chi connectivity index (χ4n) is 12.5. The van der Waals surface area contributed by atoms with Gasteiger partial charge in [0.05, 0.1) is 63.7 Å². The molecule has 13 rings (SSSR count). The van der Waals surface area contributed by atoms with Crippen molar-refractivity contribution in [1.82, 2.24) is 4.90 Å². The van der Waals surface area contributed by atoms with Crippen molar-refractivity contribution in [3.8, 4) is 0 Å². The Morgan fingerprint density at radius 1 is 0.389 bits per heavy atom. The van der Waals surface area contributed by atoms with E-state index in [4.69, 9.17) is 50.2 Å². The number of aliphatic imine (C=N–C) groups is 1. The van der Waals surface area contributed by atoms with Crippen molar-refractivity contribution >= 4 is 29.0 Å². The van der Waals surface area contributed by atoms with E-state index in [-0.39, 0.29) is 75.4 Å². The van der Waals surface area contributed by atoms with Gasteiger partial charge < -0.3 is 61.2 Å². The van der Waals surface area contributed by atoms with E-state index < -0.39 is 36.8 Å². The fourth-order valence-corrected chi connectivity index (χ4v) is 12.5. The number of likely N-dealkylation sites (tertiary alicyclic amines) is 1. The van der Waals surface area contributed by atoms with Crippen LogP contribution in [0.2, 0.25) is 0 Å². The first-order valence-corrected chi connectivity index (χ1v) is 46.2. The molecular formula is C110H160ClN2O12Pd-. The summed E-state index contributed by atoms with van der Waals surface area (Å²) >= 11 is 5.19. The van der Waals surface area contributed by atoms with Gasteiger partial charge in [-0.3, -0.25) is 14.6 Å². The number of rotatable bonds is 26. The third-order valence-corrected chi connectivity index (χ3v) is 18.2. The quantitative estimate of drug-likeness (QED) is 0.0132. The summed E-state index contributed by atoms with van der Waals surface area (Å²) in [6.45, 7) is 47.6. The second-order valence-corrected chi connectivity index (χ2v) is 26.1. The molecule has 0 radical (unpaired) electrons. The monoisotopic (exact) mass is 1840 g/mol. The summed E-state index contributed by atoms with van der Waals surface area (Å²) in [5.41, 5.74) is 11.6. The van der Waals surface area contributed by atoms with E-state index in [9.17, 15) is 19.8 Å². The zero-order valence-corrected chi connectivity index (χ0v) is 82.8. The number of carbonyl (C=O) groups is 2. The van der Waals surface area contributed by atoms with E-state index in [0.717, 1.165) is 59.2 Å². The van der Waals surface area contributed by atoms with Gasteiger partial charge in [0, 0.05) is 39.6 Å². The Morgan fingerprint density at radius 3 is 1.10 bits per heavy atom. The van der Waals surface area contributed by atoms with Crippen LogP contribution in [0, 0.1) is 13.3 Å². The number of amides is 1. The van der Waals surface area contributed by atoms with Gasteiger partial charge in [-0.25, -0.2) is 0 Å². The Balaban J connectivity index is -0.000000752. The maximum Gasteiger partial charge on any atom is 0.229 e. The predicted molar refractivity (Wildman–Crippen MR) is 529 cm³/mol. The van der Waals surface area contributed by atoms with Gasteiger partial charge in [0.25, 0.3) is 0 Å². The third kappa shape index (κ3) is 49.2. The summed E-state index contributed by atoms with van der Waals surface area (Å²) in [6, 6.07) is 102. The van der Waals surface area contributed by atoms with Crippen molar-refractivity contribution < 1.29 is 78.9 Å². The minimum atomic E-state index is -1.43. The first-order chi connectivity index (χ1) is 60.9. The van der Waals surface area contributed by atoms with Crippen molar-refractivity contribution in [2.24, 2.45) is 10.9 Å². The maximum atomic E-state index is 12.9. The largest absolute Gasteiger partial charge is 0.388 e. The molecule has 3 fully saturated rings. The van der Waals surface area contributed by atoms with Crippen LogP contribution in [0.3, 0.4) is 0 Å². The molecule has 14 nitrogen and oxygen atoms in total. The minimum Gasteiger partial charge on any atom is -0.388 e. The molecule has 3 heterocycles. The Hall–Kier alpha value is -8.44. The van der Waals surface area contributed by atoms with Crippen LogP contribution in [0.4, 0.5) is 0 Å². The van der Waals surface area contributed by atoms with Crippen LogP contribution in [-0.2, 0) is 111 Å². The molecule has 0 saturated carbocycles. The number of hydrogen-bond donors (Lipinski definition) is 4. The van der Waals surface area contributed by atoms with Crippen LogP contribution in [0.5, 0.6) is 0 Å². The molecule has 126 heavy (non-hydrogen) atoms. The first kappa shape index (κ1) is 124. The van der Waals surface area contributed by atoms with Crippen molar-refractivity contribution in [2.45, 2.75) is 291 Å². The first-order valence-electron chi connectivity index (χ1n) is 45.8. The molecule has 10 aromatic rings. The number of ether oxygens (including phenoxy) is 6. The number of nitrogens with zero attached hydrogens (tertiary/aromatic N) is 2. The van der Waals surface area contributed by atoms with Gasteiger partial charge in [0.15, 0.2) is 6.29 Å². The number of β-lactam (4-membered cyclic amide) rings is 1. The van der Waals surface area contributed by atoms with Crippen LogP contribution >= 0.6 is 11.6 Å². The smallest absolute Gasteiger partial charge is 0.229 e. The molecule has 10 aromatic carbocycles. The van der Waals surface area contributed by atoms with E-state index in [1.54, 1.807) is 6.92 Å². The molecule has 700 valence electrons. The van der Waals surface area contributed by atoms with Gasteiger partial charge in [-0.1, -0.05) is 456 Å². The molecule has 12 atom stereocenters. The van der Waals surface area contributed by atoms with Crippen molar-refractivity contribution in [3.05, 3.63) is 366 Å². The SMILES string of the molecule is C(=NCc1ccccc1)c1ccccc1.CC.CC.CC.CC.CC.CC.CC.CC.CC.CC.CCC1O[C@H](COCc2ccccc2)[C@@H](OCc2ccccc2)[C@H](OCc2ccccc2)[C@H]1OCc1ccccc1.CC[C@@H]1O[C@H](O)[C@@H](O)[C@H](O)[C@H]1O.O=C(Cl)CCc1ccccc1.O=C1C(Cc2ccccc2)C(c2ccccc2)N1Cc1ccccc1.[CH3-].[Pd]. The van der Waals surface area contributed by atoms with Gasteiger partial charge in [0.2, 0.25) is 11.1 Å². The molecule has 0 aromatic heterocycles. The van der Waals surface area contributed by atoms with Crippen LogP contribution in [-0.4, -0.2) is 111 Å². The van der Waals surface area contributed by atoms with Gasteiger partial charge in [-0.2, -0.15) is 0 Å². The van der Waals surface area contributed by atoms with E-state index in [2.05, 4.69) is 133 Å². The average Bonchev–Trinajstić information content (AvgIpc) is 0.749. The second kappa shape index (κ2) is 83.5. The molecule has 4 N–H and O–H groups in total. The number of carbonyl (C=O) groups excluding carboxylic acids is 2. The number of aryl methyl sites for hydroxylation is 1. The molecule has 3 aliphatic heterocycles. The number of hydrogen-bond acceptors (Lipinski definition) is 13. The van der Waals surface area contributed by atoms with Crippen molar-refractivity contribution in [3.63, 3.8) is 0 Å². The van der Waals surface area contributed by atoms with Gasteiger partial charge >= 0.3 is 0 Å². The fraction of sp³-hybridized carbons (Fsp3) is 0.418. The maximum absolute atomic E-state index is 12.9. The van der Waals surface area contributed by atoms with Gasteiger partial charge in [-0.15, -0.1) is 0 Å². The number of aliphatic hydroxyl groups is 4. The predicted octanol–water partition coefficient (Wildman–Crippen LogP) is 26.4. The molecule has 1 amide bonds. The van der Waals surface area contributed by atoms with E-state index in [0.29, 0.717) is 52.4 Å². The Morgan fingerprint density at radius 2 is 0.714 bits per heavy atom. The zero-order valence-electron chi connectivity index (χ0n) is 80.5. The molecule has 0 bridgehead atoms. The summed E-state index contributed by atoms with van der Waals surface area (Å²) in [4.78, 5) is 29.7. The number of benzene rings is 10. The zero-order chi connectivity index (χ0) is 92.9. The topological polar surface area (TPSA) is 186 Å². The summed E-state index contributed by atoms with van der Waals surface area (Å²) in [5, 5.41) is 36.3. The summed E-state index contributed by atoms with van der Waals surface area (Å²) in [5.74, 6) is 0.273. The van der Waals surface area contributed by atoms with Crippen molar-refractivity contribution in [2.75, 3.05) is 6.61 Å². The molecular weight excluding hydrogens is 1680 g/mol. The second-order valence-electron chi connectivity index (χ2n) is 25.7. The molecule has 0 spiro atoms. The average molecular weight is 1840 g/mol. The van der Waals surface area contributed by atoms with Crippen LogP contribution in [0.25, 0.3) is 0 Å². The Bertz CT molecular complexity index is 3930. The molecule has 0 aliphatic carbocycles. The molecule has 3 unspecified atom stereocenters. The third-order valence-electron chi connectivity index (χ3n) is 18.0. The number of aliphatic hydroxyl groups excluding tert-OH is 4. The normalized spacial score (nSPS) is 18.4. The summed E-state index contributed by atoms with van der Waals surface area (Å²) in [6.07, 6.45) is -2.33. The molecule has 16 heteroatoms. The Labute approximate surface area is 782 Å². The summed E-state index contributed by atoms with van der Waals surface area (Å²) in [7, 11) is 0. The molecule has 3 saturated heterocycles. The van der Waals surface area contributed by atoms with Crippen molar-refractivity contribution in [1.29, 1.82) is 0 Å². The van der Waals surface area contributed by atoms with E-state index in [1.807, 2.05) is 332 Å². The molecule has 3 aliphatic rings. The van der Waals surface area contributed by atoms with Gasteiger partial charge in [0.1, 0.15) is 42.7 Å². The van der Waals surface area contributed by atoms with Crippen LogP contribution in [0.15, 0.2) is 308 Å². The van der Waals surface area contributed by atoms with Crippen LogP contribution in [0.1, 0.15) is 233 Å². The minimum absolute atomic E-state index is 0. The van der Waals surface area contributed by atoms with Crippen LogP contribution < -0.4 is 0 Å². The van der Waals surface area contributed by atoms with Gasteiger partial charge in [-0.05, 0) is 92.9 Å². The number of halogens is 1.